The highest BCUT2D eigenvalue weighted by molar-refractivity contribution is 6.55. The van der Waals surface area contributed by atoms with Gasteiger partial charge in [-0.3, -0.25) is 0 Å². The number of aliphatic hydroxyl groups is 1. The highest BCUT2D eigenvalue weighted by Crippen LogP contribution is 2.48. The van der Waals surface area contributed by atoms with Crippen LogP contribution >= 0.6 is 58.0 Å². The van der Waals surface area contributed by atoms with E-state index >= 15 is 0 Å². The van der Waals surface area contributed by atoms with E-state index < -0.39 is 5.97 Å². The van der Waals surface area contributed by atoms with Crippen molar-refractivity contribution in [1.82, 2.24) is 0 Å². The lowest BCUT2D eigenvalue weighted by atomic mass is 10.3. The van der Waals surface area contributed by atoms with E-state index in [1.165, 1.54) is 0 Å². The lowest BCUT2D eigenvalue weighted by molar-refractivity contribution is -0.131. The summed E-state index contributed by atoms with van der Waals surface area (Å²) in [6.45, 7) is 3.22. The van der Waals surface area contributed by atoms with Crippen LogP contribution in [0.1, 0.15) is 6.42 Å². The molecule has 0 fully saturated rings. The van der Waals surface area contributed by atoms with E-state index in [4.69, 9.17) is 73.0 Å². The number of rotatable bonds is 5. The zero-order valence-corrected chi connectivity index (χ0v) is 14.3. The Morgan fingerprint density at radius 2 is 1.43 bits per heavy atom. The molecule has 1 aromatic carbocycles. The SMILES string of the molecule is C=CC(=O)O.OCCCOc1c(Cl)c(Cl)c(Cl)c(Cl)c1Cl. The quantitative estimate of drug-likeness (QED) is 0.319. The number of aliphatic hydroxyl groups excluding tert-OH is 1. The third kappa shape index (κ3) is 6.51. The Balaban J connectivity index is 0.000000690. The van der Waals surface area contributed by atoms with Crippen LogP contribution in [0.4, 0.5) is 0 Å². The van der Waals surface area contributed by atoms with Crippen molar-refractivity contribution in [1.29, 1.82) is 0 Å². The molecule has 0 saturated heterocycles. The van der Waals surface area contributed by atoms with Crippen molar-refractivity contribution >= 4 is 64.0 Å². The van der Waals surface area contributed by atoms with E-state index in [-0.39, 0.29) is 44.1 Å². The van der Waals surface area contributed by atoms with Crippen molar-refractivity contribution in [3.8, 4) is 5.75 Å². The van der Waals surface area contributed by atoms with Crippen LogP contribution in [0.2, 0.25) is 25.1 Å². The molecule has 0 heterocycles. The molecule has 1 rings (SSSR count). The topological polar surface area (TPSA) is 66.8 Å². The number of carboxylic acid groups (broad SMARTS) is 1. The molecule has 0 unspecified atom stereocenters. The second-order valence-electron chi connectivity index (χ2n) is 3.37. The Morgan fingerprint density at radius 3 is 1.76 bits per heavy atom. The van der Waals surface area contributed by atoms with Gasteiger partial charge in [-0.1, -0.05) is 64.6 Å². The molecule has 2 N–H and O–H groups in total. The van der Waals surface area contributed by atoms with Crippen molar-refractivity contribution in [3.05, 3.63) is 37.8 Å². The van der Waals surface area contributed by atoms with Gasteiger partial charge in [0.1, 0.15) is 10.0 Å². The molecule has 0 atom stereocenters. The van der Waals surface area contributed by atoms with Crippen LogP contribution in [0.25, 0.3) is 0 Å². The van der Waals surface area contributed by atoms with E-state index in [0.29, 0.717) is 6.42 Å². The smallest absolute Gasteiger partial charge is 0.327 e. The summed E-state index contributed by atoms with van der Waals surface area (Å²) in [6, 6.07) is 0. The number of ether oxygens (including phenoxy) is 1. The summed E-state index contributed by atoms with van der Waals surface area (Å²) in [5.74, 6) is -0.804. The van der Waals surface area contributed by atoms with Crippen molar-refractivity contribution in [2.75, 3.05) is 13.2 Å². The van der Waals surface area contributed by atoms with E-state index in [1.807, 2.05) is 0 Å². The third-order valence-corrected chi connectivity index (χ3v) is 4.14. The Kier molecular flexibility index (Phi) is 10.2. The first kappa shape index (κ1) is 20.6. The normalized spacial score (nSPS) is 9.62. The molecule has 0 bridgehead atoms. The Labute approximate surface area is 146 Å². The fourth-order valence-corrected chi connectivity index (χ4v) is 2.18. The maximum absolute atomic E-state index is 9.25. The number of hydrogen-bond donors (Lipinski definition) is 2. The lowest BCUT2D eigenvalue weighted by Crippen LogP contribution is -2.01. The van der Waals surface area contributed by atoms with E-state index in [9.17, 15) is 4.79 Å². The molecule has 0 aliphatic carbocycles. The van der Waals surface area contributed by atoms with Crippen LogP contribution in [0.15, 0.2) is 12.7 Å². The maximum Gasteiger partial charge on any atom is 0.327 e. The minimum Gasteiger partial charge on any atom is -0.490 e. The minimum atomic E-state index is -0.981. The van der Waals surface area contributed by atoms with Gasteiger partial charge in [-0.25, -0.2) is 4.79 Å². The number of aliphatic carboxylic acids is 1. The van der Waals surface area contributed by atoms with Gasteiger partial charge < -0.3 is 14.9 Å². The lowest BCUT2D eigenvalue weighted by Gasteiger charge is -2.13. The van der Waals surface area contributed by atoms with Crippen LogP contribution in [-0.4, -0.2) is 29.4 Å². The first-order valence-electron chi connectivity index (χ1n) is 5.38. The molecule has 0 spiro atoms. The van der Waals surface area contributed by atoms with Crippen LogP contribution in [0, 0.1) is 0 Å². The zero-order valence-electron chi connectivity index (χ0n) is 10.5. The Bertz CT molecular complexity index is 490. The van der Waals surface area contributed by atoms with Gasteiger partial charge in [0, 0.05) is 19.1 Å². The van der Waals surface area contributed by atoms with Crippen molar-refractivity contribution in [3.63, 3.8) is 0 Å². The Hall–Kier alpha value is -0.360. The highest BCUT2D eigenvalue weighted by atomic mass is 35.5. The fraction of sp³-hybridized carbons (Fsp3) is 0.250. The summed E-state index contributed by atoms with van der Waals surface area (Å²) in [5, 5.41) is 16.7. The van der Waals surface area contributed by atoms with E-state index in [0.717, 1.165) is 6.08 Å². The predicted octanol–water partition coefficient (Wildman–Crippen LogP) is 4.97. The standard InChI is InChI=1S/C9H7Cl5O2.C3H4O2/c10-4-5(11)7(13)9(8(14)6(4)12)16-3-1-2-15;1-2-3(4)5/h15H,1-3H2;2H,1H2,(H,4,5). The number of benzene rings is 1. The molecule has 9 heteroatoms. The van der Waals surface area contributed by atoms with E-state index in [2.05, 4.69) is 6.58 Å². The molecule has 118 valence electrons. The van der Waals surface area contributed by atoms with Gasteiger partial charge in [0.25, 0.3) is 0 Å². The highest BCUT2D eigenvalue weighted by Gasteiger charge is 2.20. The van der Waals surface area contributed by atoms with E-state index in [1.54, 1.807) is 0 Å². The average molecular weight is 396 g/mol. The number of hydrogen-bond acceptors (Lipinski definition) is 3. The molecule has 0 radical (unpaired) electrons. The number of halogens is 5. The van der Waals surface area contributed by atoms with Crippen molar-refractivity contribution in [2.45, 2.75) is 6.42 Å². The average Bonchev–Trinajstić information content (AvgIpc) is 2.47. The summed E-state index contributed by atoms with van der Waals surface area (Å²) >= 11 is 29.3. The van der Waals surface area contributed by atoms with Crippen molar-refractivity contribution in [2.24, 2.45) is 0 Å². The molecule has 1 aromatic rings. The molecule has 0 aromatic heterocycles. The molecule has 0 saturated carbocycles. The number of carbonyl (C=O) groups is 1. The van der Waals surface area contributed by atoms with Gasteiger partial charge in [-0.05, 0) is 0 Å². The largest absolute Gasteiger partial charge is 0.490 e. The van der Waals surface area contributed by atoms with Gasteiger partial charge in [0.15, 0.2) is 5.75 Å². The molecular formula is C12H11Cl5O4. The summed E-state index contributed by atoms with van der Waals surface area (Å²) < 4.78 is 5.27. The molecule has 0 amide bonds. The molecular weight excluding hydrogens is 385 g/mol. The van der Waals surface area contributed by atoms with Gasteiger partial charge in [0.05, 0.1) is 21.7 Å². The number of carboxylic acids is 1. The van der Waals surface area contributed by atoms with Crippen LogP contribution < -0.4 is 4.74 Å². The molecule has 0 aliphatic rings. The summed E-state index contributed by atoms with van der Waals surface area (Å²) in [4.78, 5) is 9.25. The first-order valence-corrected chi connectivity index (χ1v) is 7.27. The molecule has 0 aliphatic heterocycles. The third-order valence-electron chi connectivity index (χ3n) is 1.89. The van der Waals surface area contributed by atoms with Gasteiger partial charge in [-0.15, -0.1) is 0 Å². The minimum absolute atomic E-state index is 0.00426. The van der Waals surface area contributed by atoms with Crippen LogP contribution in [-0.2, 0) is 4.79 Å². The van der Waals surface area contributed by atoms with Crippen LogP contribution in [0.3, 0.4) is 0 Å². The molecule has 4 nitrogen and oxygen atoms in total. The first-order chi connectivity index (χ1) is 9.77. The maximum atomic E-state index is 9.25. The zero-order chi connectivity index (χ0) is 16.6. The van der Waals surface area contributed by atoms with Gasteiger partial charge >= 0.3 is 5.97 Å². The molecule has 21 heavy (non-hydrogen) atoms. The Morgan fingerprint density at radius 1 is 1.05 bits per heavy atom. The predicted molar refractivity (Wildman–Crippen MR) is 86.5 cm³/mol. The van der Waals surface area contributed by atoms with Crippen molar-refractivity contribution < 1.29 is 19.7 Å². The summed E-state index contributed by atoms with van der Waals surface area (Å²) in [6.07, 6.45) is 1.28. The second-order valence-corrected chi connectivity index (χ2v) is 5.26. The summed E-state index contributed by atoms with van der Waals surface area (Å²) in [5.41, 5.74) is 0. The second kappa shape index (κ2) is 10.4. The summed E-state index contributed by atoms with van der Waals surface area (Å²) in [7, 11) is 0. The van der Waals surface area contributed by atoms with Gasteiger partial charge in [-0.2, -0.15) is 0 Å². The van der Waals surface area contributed by atoms with Crippen LogP contribution in [0.5, 0.6) is 5.75 Å². The monoisotopic (exact) mass is 394 g/mol. The van der Waals surface area contributed by atoms with Gasteiger partial charge in [0.2, 0.25) is 0 Å². The fourth-order valence-electron chi connectivity index (χ4n) is 0.950.